The van der Waals surface area contributed by atoms with Crippen LogP contribution in [0.4, 0.5) is 0 Å². The van der Waals surface area contributed by atoms with Crippen molar-refractivity contribution in [3.05, 3.63) is 53.6 Å². The zero-order chi connectivity index (χ0) is 17.8. The maximum absolute atomic E-state index is 12.4. The number of hydrogen-bond acceptors (Lipinski definition) is 4. The average Bonchev–Trinajstić information content (AvgIpc) is 2.63. The molecule has 25 heavy (non-hydrogen) atoms. The lowest BCUT2D eigenvalue weighted by Gasteiger charge is -2.22. The summed E-state index contributed by atoms with van der Waals surface area (Å²) in [7, 11) is 0. The Hall–Kier alpha value is -2.69. The maximum atomic E-state index is 12.4. The minimum absolute atomic E-state index is 0.161. The molecule has 5 heteroatoms. The Labute approximate surface area is 147 Å². The van der Waals surface area contributed by atoms with E-state index in [9.17, 15) is 4.79 Å². The molecule has 1 N–H and O–H groups in total. The van der Waals surface area contributed by atoms with Crippen molar-refractivity contribution >= 4 is 5.91 Å². The van der Waals surface area contributed by atoms with E-state index in [0.717, 1.165) is 22.6 Å². The van der Waals surface area contributed by atoms with Crippen LogP contribution < -0.4 is 19.5 Å². The van der Waals surface area contributed by atoms with E-state index in [1.54, 1.807) is 6.92 Å². The number of aryl methyl sites for hydroxylation is 1. The molecule has 0 saturated heterocycles. The topological polar surface area (TPSA) is 56.8 Å². The fourth-order valence-corrected chi connectivity index (χ4v) is 2.68. The highest BCUT2D eigenvalue weighted by Crippen LogP contribution is 2.32. The number of amides is 1. The number of hydrogen-bond donors (Lipinski definition) is 1. The van der Waals surface area contributed by atoms with Gasteiger partial charge in [0.2, 0.25) is 0 Å². The molecule has 132 valence electrons. The summed E-state index contributed by atoms with van der Waals surface area (Å²) in [6.45, 7) is 6.74. The van der Waals surface area contributed by atoms with Gasteiger partial charge in [-0.25, -0.2) is 0 Å². The molecule has 0 aliphatic carbocycles. The van der Waals surface area contributed by atoms with Crippen LogP contribution in [0.2, 0.25) is 0 Å². The summed E-state index contributed by atoms with van der Waals surface area (Å²) in [5.41, 5.74) is 1.96. The predicted octanol–water partition coefficient (Wildman–Crippen LogP) is 3.41. The molecule has 0 unspecified atom stereocenters. The van der Waals surface area contributed by atoms with Crippen LogP contribution in [0.5, 0.6) is 17.2 Å². The number of benzene rings is 2. The van der Waals surface area contributed by atoms with Crippen molar-refractivity contribution in [2.45, 2.75) is 32.9 Å². The van der Waals surface area contributed by atoms with Gasteiger partial charge in [-0.2, -0.15) is 0 Å². The molecule has 2 aromatic rings. The van der Waals surface area contributed by atoms with E-state index in [-0.39, 0.29) is 11.9 Å². The fraction of sp³-hybridized carbons (Fsp3) is 0.350. The van der Waals surface area contributed by atoms with Gasteiger partial charge in [0.1, 0.15) is 19.0 Å². The van der Waals surface area contributed by atoms with E-state index in [1.807, 2.05) is 56.3 Å². The van der Waals surface area contributed by atoms with Crippen molar-refractivity contribution in [3.8, 4) is 17.2 Å². The molecular weight excluding hydrogens is 318 g/mol. The smallest absolute Gasteiger partial charge is 0.261 e. The van der Waals surface area contributed by atoms with E-state index < -0.39 is 6.10 Å². The second-order valence-electron chi connectivity index (χ2n) is 6.16. The normalized spacial score (nSPS) is 15.2. The summed E-state index contributed by atoms with van der Waals surface area (Å²) in [6.07, 6.45) is -0.583. The zero-order valence-electron chi connectivity index (χ0n) is 14.7. The highest BCUT2D eigenvalue weighted by Gasteiger charge is 2.20. The Kier molecular flexibility index (Phi) is 5.12. The average molecular weight is 341 g/mol. The van der Waals surface area contributed by atoms with Crippen molar-refractivity contribution in [2.24, 2.45) is 0 Å². The molecule has 1 heterocycles. The van der Waals surface area contributed by atoms with Gasteiger partial charge in [0.05, 0.1) is 6.04 Å². The lowest BCUT2D eigenvalue weighted by molar-refractivity contribution is -0.127. The van der Waals surface area contributed by atoms with Gasteiger partial charge in [-0.05, 0) is 50.1 Å². The van der Waals surface area contributed by atoms with E-state index in [1.165, 1.54) is 0 Å². The first kappa shape index (κ1) is 17.1. The van der Waals surface area contributed by atoms with Crippen LogP contribution in [0.25, 0.3) is 0 Å². The molecule has 0 radical (unpaired) electrons. The maximum Gasteiger partial charge on any atom is 0.261 e. The largest absolute Gasteiger partial charge is 0.486 e. The first-order chi connectivity index (χ1) is 12.0. The fourth-order valence-electron chi connectivity index (χ4n) is 2.68. The molecule has 0 fully saturated rings. The Balaban J connectivity index is 1.63. The van der Waals surface area contributed by atoms with Gasteiger partial charge in [-0.3, -0.25) is 4.79 Å². The monoisotopic (exact) mass is 341 g/mol. The molecule has 0 saturated carbocycles. The van der Waals surface area contributed by atoms with Crippen LogP contribution in [0.15, 0.2) is 42.5 Å². The SMILES string of the molecule is Cc1ccccc1O[C@@H](C)C(=O)N[C@H](C)c1ccc2c(c1)OCCO2. The van der Waals surface area contributed by atoms with Crippen LogP contribution >= 0.6 is 0 Å². The molecule has 0 aromatic heterocycles. The summed E-state index contributed by atoms with van der Waals surface area (Å²) in [4.78, 5) is 12.4. The third kappa shape index (κ3) is 4.05. The standard InChI is InChI=1S/C20H23NO4/c1-13-6-4-5-7-17(13)25-15(3)20(22)21-14(2)16-8-9-18-19(12-16)24-11-10-23-18/h4-9,12,14-15H,10-11H2,1-3H3,(H,21,22)/t14-,15+/m1/s1. The molecule has 0 spiro atoms. The quantitative estimate of drug-likeness (QED) is 0.905. The summed E-state index contributed by atoms with van der Waals surface area (Å²) in [5, 5.41) is 2.98. The van der Waals surface area contributed by atoms with Gasteiger partial charge in [-0.15, -0.1) is 0 Å². The molecule has 5 nitrogen and oxygen atoms in total. The zero-order valence-corrected chi connectivity index (χ0v) is 14.7. The molecule has 2 aromatic carbocycles. The van der Waals surface area contributed by atoms with Gasteiger partial charge in [0, 0.05) is 0 Å². The highest BCUT2D eigenvalue weighted by molar-refractivity contribution is 5.81. The number of ether oxygens (including phenoxy) is 3. The van der Waals surface area contributed by atoms with E-state index in [0.29, 0.717) is 19.0 Å². The van der Waals surface area contributed by atoms with Crippen molar-refractivity contribution in [2.75, 3.05) is 13.2 Å². The first-order valence-electron chi connectivity index (χ1n) is 8.47. The molecule has 2 atom stereocenters. The number of carbonyl (C=O) groups excluding carboxylic acids is 1. The van der Waals surface area contributed by atoms with Crippen LogP contribution in [-0.4, -0.2) is 25.2 Å². The Morgan fingerprint density at radius 1 is 1.08 bits per heavy atom. The van der Waals surface area contributed by atoms with Gasteiger partial charge < -0.3 is 19.5 Å². The minimum Gasteiger partial charge on any atom is -0.486 e. The van der Waals surface area contributed by atoms with E-state index in [2.05, 4.69) is 5.32 Å². The first-order valence-corrected chi connectivity index (χ1v) is 8.47. The summed E-state index contributed by atoms with van der Waals surface area (Å²) in [5.74, 6) is 2.02. The number of carbonyl (C=O) groups is 1. The minimum atomic E-state index is -0.583. The third-order valence-electron chi connectivity index (χ3n) is 4.19. The predicted molar refractivity (Wildman–Crippen MR) is 95.3 cm³/mol. The van der Waals surface area contributed by atoms with Crippen LogP contribution in [0, 0.1) is 6.92 Å². The lowest BCUT2D eigenvalue weighted by Crippen LogP contribution is -2.37. The third-order valence-corrected chi connectivity index (χ3v) is 4.19. The number of para-hydroxylation sites is 1. The summed E-state index contributed by atoms with van der Waals surface area (Å²) >= 11 is 0. The van der Waals surface area contributed by atoms with Crippen molar-refractivity contribution in [3.63, 3.8) is 0 Å². The molecule has 3 rings (SSSR count). The molecular formula is C20H23NO4. The van der Waals surface area contributed by atoms with Crippen molar-refractivity contribution < 1.29 is 19.0 Å². The number of fused-ring (bicyclic) bond motifs is 1. The van der Waals surface area contributed by atoms with Gasteiger partial charge in [-0.1, -0.05) is 24.3 Å². The van der Waals surface area contributed by atoms with Crippen molar-refractivity contribution in [1.29, 1.82) is 0 Å². The Morgan fingerprint density at radius 3 is 2.56 bits per heavy atom. The van der Waals surface area contributed by atoms with Crippen molar-refractivity contribution in [1.82, 2.24) is 5.32 Å². The number of rotatable bonds is 5. The molecule has 1 amide bonds. The molecule has 1 aliphatic rings. The number of nitrogens with one attached hydrogen (secondary N) is 1. The second-order valence-corrected chi connectivity index (χ2v) is 6.16. The Bertz CT molecular complexity index is 759. The van der Waals surface area contributed by atoms with E-state index in [4.69, 9.17) is 14.2 Å². The van der Waals surface area contributed by atoms with Gasteiger partial charge in [0.25, 0.3) is 5.91 Å². The van der Waals surface area contributed by atoms with Gasteiger partial charge in [0.15, 0.2) is 17.6 Å². The van der Waals surface area contributed by atoms with Gasteiger partial charge >= 0.3 is 0 Å². The van der Waals surface area contributed by atoms with E-state index >= 15 is 0 Å². The summed E-state index contributed by atoms with van der Waals surface area (Å²) < 4.78 is 16.9. The van der Waals surface area contributed by atoms with Crippen LogP contribution in [0.1, 0.15) is 31.0 Å². The Morgan fingerprint density at radius 2 is 1.80 bits per heavy atom. The second kappa shape index (κ2) is 7.47. The van der Waals surface area contributed by atoms with Crippen LogP contribution in [0.3, 0.4) is 0 Å². The molecule has 0 bridgehead atoms. The highest BCUT2D eigenvalue weighted by atomic mass is 16.6. The summed E-state index contributed by atoms with van der Waals surface area (Å²) in [6, 6.07) is 13.2. The molecule has 1 aliphatic heterocycles. The van der Waals surface area contributed by atoms with Crippen LogP contribution in [-0.2, 0) is 4.79 Å². The lowest BCUT2D eigenvalue weighted by atomic mass is 10.1.